The Labute approximate surface area is 560 Å². The summed E-state index contributed by atoms with van der Waals surface area (Å²) in [6, 6.07) is 131. The van der Waals surface area contributed by atoms with Crippen LogP contribution >= 0.6 is 11.3 Å². The van der Waals surface area contributed by atoms with E-state index in [1.807, 2.05) is 11.3 Å². The molecule has 3 heterocycles. The summed E-state index contributed by atoms with van der Waals surface area (Å²) in [5, 5.41) is 7.06. The predicted octanol–water partition coefficient (Wildman–Crippen LogP) is 25.4. The number of anilines is 6. The van der Waals surface area contributed by atoms with Gasteiger partial charge in [0.2, 0.25) is 0 Å². The second kappa shape index (κ2) is 22.5. The van der Waals surface area contributed by atoms with Crippen molar-refractivity contribution in [2.75, 3.05) is 9.80 Å². The van der Waals surface area contributed by atoms with Gasteiger partial charge in [-0.2, -0.15) is 0 Å². The van der Waals surface area contributed by atoms with Crippen LogP contribution in [0, 0.1) is 0 Å². The van der Waals surface area contributed by atoms with E-state index in [1.54, 1.807) is 0 Å². The maximum atomic E-state index is 6.93. The number of rotatable bonds is 12. The molecule has 96 heavy (non-hydrogen) atoms. The molecule has 0 radical (unpaired) electrons. The van der Waals surface area contributed by atoms with Crippen LogP contribution in [0.1, 0.15) is 22.3 Å². The molecule has 0 saturated heterocycles. The average molecular weight is 1240 g/mol. The van der Waals surface area contributed by atoms with Gasteiger partial charge >= 0.3 is 0 Å². The molecule has 0 bridgehead atoms. The SMILES string of the molecule is c1ccc(N(c2cccc(-c3ccccc3-c3cccc4c3sc3ccccc34)c2)c2ccc3c(c2)C(c2ccccc2)(c2ccccc2)c2cc(-c4ccc5oc6cccc(N(c7ccccc7)c7cccc8c7c7ccccc7n8-c7ccccc7)c6c5c4)ccc2-3)cc1. The Hall–Kier alpha value is -12.3. The molecule has 0 fully saturated rings. The Morgan fingerprint density at radius 3 is 1.58 bits per heavy atom. The van der Waals surface area contributed by atoms with Crippen molar-refractivity contribution < 1.29 is 4.42 Å². The van der Waals surface area contributed by atoms with Gasteiger partial charge in [0, 0.05) is 70.3 Å². The van der Waals surface area contributed by atoms with E-state index in [0.717, 1.165) is 89.5 Å². The van der Waals surface area contributed by atoms with Gasteiger partial charge < -0.3 is 18.8 Å². The van der Waals surface area contributed by atoms with E-state index in [1.165, 1.54) is 81.0 Å². The van der Waals surface area contributed by atoms with Crippen molar-refractivity contribution in [3.63, 3.8) is 0 Å². The minimum atomic E-state index is -0.712. The van der Waals surface area contributed by atoms with E-state index in [0.29, 0.717) is 0 Å². The van der Waals surface area contributed by atoms with Gasteiger partial charge in [-0.25, -0.2) is 0 Å². The monoisotopic (exact) mass is 1240 g/mol. The zero-order valence-electron chi connectivity index (χ0n) is 52.2. The van der Waals surface area contributed by atoms with Gasteiger partial charge in [0.05, 0.1) is 33.2 Å². The van der Waals surface area contributed by atoms with Crippen LogP contribution in [0.15, 0.2) is 362 Å². The third-order valence-electron chi connectivity index (χ3n) is 19.8. The molecule has 18 aromatic rings. The number of aromatic nitrogens is 1. The number of benzene rings is 15. The first-order valence-corrected chi connectivity index (χ1v) is 33.7. The van der Waals surface area contributed by atoms with Gasteiger partial charge in [-0.1, -0.05) is 243 Å². The number of hydrogen-bond acceptors (Lipinski definition) is 4. The lowest BCUT2D eigenvalue weighted by atomic mass is 9.67. The van der Waals surface area contributed by atoms with Gasteiger partial charge in [-0.3, -0.25) is 0 Å². The molecule has 5 heteroatoms. The summed E-state index contributed by atoms with van der Waals surface area (Å²) in [6.07, 6.45) is 0. The Morgan fingerprint density at radius 2 is 0.823 bits per heavy atom. The highest BCUT2D eigenvalue weighted by molar-refractivity contribution is 7.26. The fourth-order valence-electron chi connectivity index (χ4n) is 15.8. The van der Waals surface area contributed by atoms with Gasteiger partial charge in [0.15, 0.2) is 0 Å². The number of furan rings is 1. The highest BCUT2D eigenvalue weighted by Gasteiger charge is 2.47. The summed E-state index contributed by atoms with van der Waals surface area (Å²) in [7, 11) is 0. The Bertz CT molecular complexity index is 5990. The normalized spacial score (nSPS) is 12.5. The third kappa shape index (κ3) is 8.68. The molecule has 1 aliphatic carbocycles. The molecule has 4 nitrogen and oxygen atoms in total. The Balaban J connectivity index is 0.770. The van der Waals surface area contributed by atoms with Crippen molar-refractivity contribution in [1.29, 1.82) is 0 Å². The standard InChI is InChI=1S/C91H59N3OS/c1-6-27-63(28-7-1)91(64-29-8-2-9-30-64)79-58-61(60-51-55-85-78(57-60)89-84(47-25-48-86(89)95-85)94(67-35-14-5-15-36-67)83-46-24-45-82-88(83)77-41-18-20-44-81(77)93(82)66-33-12-4-13-34-66)50-53-72(79)73-54-52-69(59-80(73)91)92(65-31-10-3-11-32-65)68-37-22-26-62(56-68)70-38-16-17-39-71(70)75-42-23-43-76-74-40-19-21-49-87(74)96-90(75)76/h1-59H. The van der Waals surface area contributed by atoms with E-state index >= 15 is 0 Å². The summed E-state index contributed by atoms with van der Waals surface area (Å²) in [5.74, 6) is 0. The quantitative estimate of drug-likeness (QED) is 0.122. The zero-order chi connectivity index (χ0) is 63.3. The fraction of sp³-hybridized carbons (Fsp3) is 0.0110. The second-order valence-corrected chi connectivity index (χ2v) is 26.1. The molecule has 1 aliphatic rings. The van der Waals surface area contributed by atoms with Crippen molar-refractivity contribution in [2.24, 2.45) is 0 Å². The van der Waals surface area contributed by atoms with E-state index in [4.69, 9.17) is 4.42 Å². The lowest BCUT2D eigenvalue weighted by Gasteiger charge is -2.35. The van der Waals surface area contributed by atoms with Crippen molar-refractivity contribution in [2.45, 2.75) is 5.41 Å². The first-order valence-electron chi connectivity index (χ1n) is 32.9. The van der Waals surface area contributed by atoms with Gasteiger partial charge in [-0.05, 0) is 176 Å². The van der Waals surface area contributed by atoms with Gasteiger partial charge in [-0.15, -0.1) is 11.3 Å². The van der Waals surface area contributed by atoms with Crippen molar-refractivity contribution in [3.8, 4) is 50.2 Å². The van der Waals surface area contributed by atoms with E-state index in [2.05, 4.69) is 372 Å². The molecule has 0 atom stereocenters. The predicted molar refractivity (Wildman–Crippen MR) is 404 cm³/mol. The van der Waals surface area contributed by atoms with Gasteiger partial charge in [0.25, 0.3) is 0 Å². The molecule has 3 aromatic heterocycles. The van der Waals surface area contributed by atoms with Gasteiger partial charge in [0.1, 0.15) is 11.2 Å². The van der Waals surface area contributed by atoms with Crippen LogP contribution in [0.5, 0.6) is 0 Å². The van der Waals surface area contributed by atoms with Crippen LogP contribution in [0.3, 0.4) is 0 Å². The lowest BCUT2D eigenvalue weighted by Crippen LogP contribution is -2.28. The topological polar surface area (TPSA) is 24.6 Å². The first kappa shape index (κ1) is 55.4. The van der Waals surface area contributed by atoms with E-state index in [-0.39, 0.29) is 0 Å². The summed E-state index contributed by atoms with van der Waals surface area (Å²) in [5.41, 5.74) is 25.1. The smallest absolute Gasteiger partial charge is 0.137 e. The molecule has 450 valence electrons. The summed E-state index contributed by atoms with van der Waals surface area (Å²) in [6.45, 7) is 0. The number of fused-ring (bicyclic) bond motifs is 12. The highest BCUT2D eigenvalue weighted by atomic mass is 32.1. The molecule has 0 spiro atoms. The van der Waals surface area contributed by atoms with Crippen LogP contribution < -0.4 is 9.80 Å². The van der Waals surface area contributed by atoms with Crippen molar-refractivity contribution >= 4 is 109 Å². The molecule has 0 unspecified atom stereocenters. The zero-order valence-corrected chi connectivity index (χ0v) is 53.0. The van der Waals surface area contributed by atoms with Crippen LogP contribution in [-0.2, 0) is 5.41 Å². The first-order chi connectivity index (χ1) is 47.6. The maximum Gasteiger partial charge on any atom is 0.137 e. The lowest BCUT2D eigenvalue weighted by molar-refractivity contribution is 0.669. The number of thiophene rings is 1. The minimum absolute atomic E-state index is 0.712. The largest absolute Gasteiger partial charge is 0.456 e. The number of nitrogens with zero attached hydrogens (tertiary/aromatic N) is 3. The summed E-state index contributed by atoms with van der Waals surface area (Å²) >= 11 is 1.88. The van der Waals surface area contributed by atoms with Crippen molar-refractivity contribution in [3.05, 3.63) is 380 Å². The van der Waals surface area contributed by atoms with Crippen LogP contribution in [-0.4, -0.2) is 4.57 Å². The molecular formula is C91H59N3OS. The van der Waals surface area contributed by atoms with Crippen LogP contribution in [0.4, 0.5) is 34.1 Å². The molecule has 19 rings (SSSR count). The Kier molecular flexibility index (Phi) is 13.0. The molecule has 0 aliphatic heterocycles. The van der Waals surface area contributed by atoms with E-state index < -0.39 is 5.41 Å². The third-order valence-corrected chi connectivity index (χ3v) is 21.1. The summed E-state index contributed by atoms with van der Waals surface area (Å²) < 4.78 is 11.9. The van der Waals surface area contributed by atoms with Crippen LogP contribution in [0.25, 0.3) is 114 Å². The second-order valence-electron chi connectivity index (χ2n) is 25.0. The molecule has 0 amide bonds. The average Bonchev–Trinajstić information content (AvgIpc) is 1.52. The molecule has 0 N–H and O–H groups in total. The van der Waals surface area contributed by atoms with Crippen LogP contribution in [0.2, 0.25) is 0 Å². The highest BCUT2D eigenvalue weighted by Crippen LogP contribution is 2.59. The molecular weight excluding hydrogens is 1180 g/mol. The fourth-order valence-corrected chi connectivity index (χ4v) is 17.0. The van der Waals surface area contributed by atoms with Crippen molar-refractivity contribution in [1.82, 2.24) is 4.57 Å². The summed E-state index contributed by atoms with van der Waals surface area (Å²) in [4.78, 5) is 4.88. The van der Waals surface area contributed by atoms with E-state index in [9.17, 15) is 0 Å². The number of para-hydroxylation sites is 4. The minimum Gasteiger partial charge on any atom is -0.456 e. The molecule has 0 saturated carbocycles. The Morgan fingerprint density at radius 1 is 0.292 bits per heavy atom. The number of hydrogen-bond donors (Lipinski definition) is 0. The molecule has 15 aromatic carbocycles. The maximum absolute atomic E-state index is 6.93.